The predicted molar refractivity (Wildman–Crippen MR) is 154 cm³/mol. The number of aliphatic hydroxyl groups is 1. The zero-order valence-electron chi connectivity index (χ0n) is 24.8. The quantitative estimate of drug-likeness (QED) is 0.0834. The van der Waals surface area contributed by atoms with Crippen molar-refractivity contribution in [3.8, 4) is 0 Å². The molecule has 0 fully saturated rings. The number of carbonyl (C=O) groups excluding carboxylic acids is 2. The Bertz CT molecular complexity index is 510. The van der Waals surface area contributed by atoms with Gasteiger partial charge in [-0.05, 0) is 58.0 Å². The van der Waals surface area contributed by atoms with Gasteiger partial charge in [-0.1, -0.05) is 91.4 Å². The summed E-state index contributed by atoms with van der Waals surface area (Å²) in [6, 6.07) is 0. The van der Waals surface area contributed by atoms with E-state index in [0.29, 0.717) is 19.4 Å². The lowest BCUT2D eigenvalue weighted by Crippen LogP contribution is -2.29. The molecule has 0 bridgehead atoms. The molecule has 1 N–H and O–H groups in total. The molecule has 220 valence electrons. The lowest BCUT2D eigenvalue weighted by Gasteiger charge is -2.21. The molecule has 0 saturated carbocycles. The molecular weight excluding hydrogens is 466 g/mol. The van der Waals surface area contributed by atoms with E-state index in [9.17, 15) is 14.7 Å². The Balaban J connectivity index is 3.62. The molecule has 0 aromatic heterocycles. The summed E-state index contributed by atoms with van der Waals surface area (Å²) in [5.74, 6) is -0.0875. The van der Waals surface area contributed by atoms with Crippen LogP contribution in [0.25, 0.3) is 0 Å². The van der Waals surface area contributed by atoms with Crippen molar-refractivity contribution in [1.29, 1.82) is 0 Å². The highest BCUT2D eigenvalue weighted by atomic mass is 16.5. The first kappa shape index (κ1) is 35.9. The van der Waals surface area contributed by atoms with Gasteiger partial charge in [0.2, 0.25) is 0 Å². The van der Waals surface area contributed by atoms with E-state index >= 15 is 0 Å². The van der Waals surface area contributed by atoms with Crippen LogP contribution in [0.1, 0.15) is 149 Å². The predicted octanol–water partition coefficient (Wildman–Crippen LogP) is 7.60. The highest BCUT2D eigenvalue weighted by molar-refractivity contribution is 5.69. The van der Waals surface area contributed by atoms with Gasteiger partial charge in [-0.2, -0.15) is 0 Å². The summed E-state index contributed by atoms with van der Waals surface area (Å²) in [5.41, 5.74) is 0. The third-order valence-corrected chi connectivity index (χ3v) is 7.10. The molecule has 0 aromatic rings. The monoisotopic (exact) mass is 527 g/mol. The second kappa shape index (κ2) is 27.9. The second-order valence-electron chi connectivity index (χ2n) is 10.5. The Labute approximate surface area is 229 Å². The van der Waals surface area contributed by atoms with Crippen molar-refractivity contribution in [1.82, 2.24) is 4.90 Å². The zero-order chi connectivity index (χ0) is 27.4. The summed E-state index contributed by atoms with van der Waals surface area (Å²) < 4.78 is 10.8. The van der Waals surface area contributed by atoms with E-state index in [0.717, 1.165) is 96.7 Å². The molecule has 0 aliphatic heterocycles. The number of nitrogens with zero attached hydrogens (tertiary/aromatic N) is 1. The van der Waals surface area contributed by atoms with Crippen LogP contribution >= 0.6 is 0 Å². The van der Waals surface area contributed by atoms with Gasteiger partial charge in [0.1, 0.15) is 6.10 Å². The maximum Gasteiger partial charge on any atom is 0.306 e. The summed E-state index contributed by atoms with van der Waals surface area (Å²) >= 11 is 0. The van der Waals surface area contributed by atoms with Crippen LogP contribution in [0, 0.1) is 0 Å². The molecule has 0 aliphatic rings. The summed E-state index contributed by atoms with van der Waals surface area (Å²) in [5, 5.41) is 9.38. The first-order valence-electron chi connectivity index (χ1n) is 15.8. The summed E-state index contributed by atoms with van der Waals surface area (Å²) in [4.78, 5) is 26.0. The molecule has 0 radical (unpaired) electrons. The molecular formula is C31H61NO5. The molecule has 6 nitrogen and oxygen atoms in total. The highest BCUT2D eigenvalue weighted by Gasteiger charge is 2.10. The zero-order valence-corrected chi connectivity index (χ0v) is 24.8. The highest BCUT2D eigenvalue weighted by Crippen LogP contribution is 2.12. The van der Waals surface area contributed by atoms with Crippen molar-refractivity contribution in [2.75, 3.05) is 32.8 Å². The van der Waals surface area contributed by atoms with Crippen molar-refractivity contribution in [2.24, 2.45) is 0 Å². The summed E-state index contributed by atoms with van der Waals surface area (Å²) in [6.45, 7) is 9.93. The van der Waals surface area contributed by atoms with Crippen molar-refractivity contribution < 1.29 is 24.2 Å². The number of unbranched alkanes of at least 4 members (excludes halogenated alkanes) is 13. The van der Waals surface area contributed by atoms with E-state index < -0.39 is 0 Å². The Kier molecular flexibility index (Phi) is 27.0. The Morgan fingerprint density at radius 2 is 1.11 bits per heavy atom. The van der Waals surface area contributed by atoms with Gasteiger partial charge in [0.05, 0.1) is 13.2 Å². The smallest absolute Gasteiger partial charge is 0.306 e. The topological polar surface area (TPSA) is 76.1 Å². The number of rotatable bonds is 28. The van der Waals surface area contributed by atoms with Crippen molar-refractivity contribution in [3.63, 3.8) is 0 Å². The van der Waals surface area contributed by atoms with Crippen LogP contribution in [0.4, 0.5) is 0 Å². The van der Waals surface area contributed by atoms with Gasteiger partial charge in [0.15, 0.2) is 0 Å². The minimum Gasteiger partial charge on any atom is -0.466 e. The fourth-order valence-corrected chi connectivity index (χ4v) is 4.59. The molecule has 6 heteroatoms. The van der Waals surface area contributed by atoms with E-state index in [-0.39, 0.29) is 24.6 Å². The lowest BCUT2D eigenvalue weighted by atomic mass is 10.1. The van der Waals surface area contributed by atoms with Gasteiger partial charge in [0, 0.05) is 19.4 Å². The molecule has 0 rings (SSSR count). The SMILES string of the molecule is CCCCCCCCOC(=O)CCCCCCCN(CCO)CCCCCCCC(=O)OC(CC)CC. The molecule has 0 aromatic carbocycles. The van der Waals surface area contributed by atoms with E-state index in [1.165, 1.54) is 38.5 Å². The minimum absolute atomic E-state index is 0.0377. The van der Waals surface area contributed by atoms with Crippen LogP contribution in [0.5, 0.6) is 0 Å². The number of carbonyl (C=O) groups is 2. The molecule has 0 atom stereocenters. The van der Waals surface area contributed by atoms with Crippen LogP contribution in [-0.4, -0.2) is 60.9 Å². The van der Waals surface area contributed by atoms with Crippen molar-refractivity contribution in [2.45, 2.75) is 155 Å². The number of esters is 2. The van der Waals surface area contributed by atoms with Gasteiger partial charge < -0.3 is 19.5 Å². The molecule has 0 unspecified atom stereocenters. The van der Waals surface area contributed by atoms with E-state index in [1.807, 2.05) is 0 Å². The number of aliphatic hydroxyl groups excluding tert-OH is 1. The van der Waals surface area contributed by atoms with Gasteiger partial charge in [-0.25, -0.2) is 0 Å². The molecule has 0 saturated heterocycles. The third kappa shape index (κ3) is 24.9. The van der Waals surface area contributed by atoms with Crippen LogP contribution in [-0.2, 0) is 19.1 Å². The molecule has 0 aliphatic carbocycles. The average Bonchev–Trinajstić information content (AvgIpc) is 2.89. The Morgan fingerprint density at radius 1 is 0.622 bits per heavy atom. The molecule has 0 heterocycles. The normalized spacial score (nSPS) is 11.4. The molecule has 37 heavy (non-hydrogen) atoms. The third-order valence-electron chi connectivity index (χ3n) is 7.10. The second-order valence-corrected chi connectivity index (χ2v) is 10.5. The van der Waals surface area contributed by atoms with Crippen molar-refractivity contribution in [3.05, 3.63) is 0 Å². The number of hydrogen-bond acceptors (Lipinski definition) is 6. The molecule has 0 spiro atoms. The largest absolute Gasteiger partial charge is 0.466 e. The van der Waals surface area contributed by atoms with E-state index in [2.05, 4.69) is 25.7 Å². The maximum absolute atomic E-state index is 11.8. The van der Waals surface area contributed by atoms with Crippen LogP contribution in [0.15, 0.2) is 0 Å². The number of hydrogen-bond donors (Lipinski definition) is 1. The first-order chi connectivity index (χ1) is 18.1. The van der Waals surface area contributed by atoms with Gasteiger partial charge in [-0.3, -0.25) is 9.59 Å². The molecule has 0 amide bonds. The lowest BCUT2D eigenvalue weighted by molar-refractivity contribution is -0.149. The fourth-order valence-electron chi connectivity index (χ4n) is 4.59. The fraction of sp³-hybridized carbons (Fsp3) is 0.935. The Hall–Kier alpha value is -1.14. The van der Waals surface area contributed by atoms with Gasteiger partial charge in [-0.15, -0.1) is 0 Å². The maximum atomic E-state index is 11.8. The van der Waals surface area contributed by atoms with Crippen LogP contribution in [0.2, 0.25) is 0 Å². The van der Waals surface area contributed by atoms with Crippen LogP contribution in [0.3, 0.4) is 0 Å². The first-order valence-corrected chi connectivity index (χ1v) is 15.8. The van der Waals surface area contributed by atoms with E-state index in [1.54, 1.807) is 0 Å². The van der Waals surface area contributed by atoms with Crippen molar-refractivity contribution >= 4 is 11.9 Å². The summed E-state index contributed by atoms with van der Waals surface area (Å²) in [7, 11) is 0. The standard InChI is InChI=1S/C31H61NO5/c1-4-7-8-9-16-21-28-36-30(34)22-17-12-10-14-19-24-32(26-27-33)25-20-15-11-13-18-23-31(35)37-29(5-2)6-3/h29,33H,4-28H2,1-3H3. The summed E-state index contributed by atoms with van der Waals surface area (Å²) in [6.07, 6.45) is 21.1. The van der Waals surface area contributed by atoms with Gasteiger partial charge in [0.25, 0.3) is 0 Å². The Morgan fingerprint density at radius 3 is 1.65 bits per heavy atom. The average molecular weight is 528 g/mol. The minimum atomic E-state index is -0.0498. The van der Waals surface area contributed by atoms with Gasteiger partial charge >= 0.3 is 11.9 Å². The van der Waals surface area contributed by atoms with E-state index in [4.69, 9.17) is 9.47 Å². The van der Waals surface area contributed by atoms with Crippen LogP contribution < -0.4 is 0 Å². The number of ether oxygens (including phenoxy) is 2.